The molecule has 0 atom stereocenters. The SMILES string of the molecule is COc1cc(/C=N\NC(=O)Cc2cccs2)cc(OC)c1OC. The van der Waals surface area contributed by atoms with E-state index in [0.29, 0.717) is 23.7 Å². The fraction of sp³-hybridized carbons (Fsp3) is 0.250. The molecule has 0 fully saturated rings. The summed E-state index contributed by atoms with van der Waals surface area (Å²) in [6.07, 6.45) is 1.83. The van der Waals surface area contributed by atoms with Gasteiger partial charge in [-0.3, -0.25) is 4.79 Å². The fourth-order valence-corrected chi connectivity index (χ4v) is 2.67. The van der Waals surface area contributed by atoms with Crippen molar-refractivity contribution in [3.63, 3.8) is 0 Å². The Hall–Kier alpha value is -2.54. The molecule has 0 saturated heterocycles. The molecule has 0 aliphatic rings. The van der Waals surface area contributed by atoms with Gasteiger partial charge in [-0.1, -0.05) is 6.07 Å². The molecule has 7 heteroatoms. The van der Waals surface area contributed by atoms with Crippen molar-refractivity contribution < 1.29 is 19.0 Å². The molecule has 1 N–H and O–H groups in total. The molecule has 1 heterocycles. The number of thiophene rings is 1. The number of hydrazone groups is 1. The Bertz CT molecular complexity index is 658. The van der Waals surface area contributed by atoms with Gasteiger partial charge in [0.2, 0.25) is 11.7 Å². The van der Waals surface area contributed by atoms with Crippen molar-refractivity contribution in [3.8, 4) is 17.2 Å². The van der Waals surface area contributed by atoms with Crippen LogP contribution in [0.4, 0.5) is 0 Å². The van der Waals surface area contributed by atoms with Crippen LogP contribution < -0.4 is 19.6 Å². The lowest BCUT2D eigenvalue weighted by Crippen LogP contribution is -2.19. The van der Waals surface area contributed by atoms with Crippen LogP contribution in [0.1, 0.15) is 10.4 Å². The highest BCUT2D eigenvalue weighted by molar-refractivity contribution is 7.10. The van der Waals surface area contributed by atoms with Gasteiger partial charge in [0, 0.05) is 10.4 Å². The van der Waals surface area contributed by atoms with Crippen LogP contribution in [0, 0.1) is 0 Å². The Labute approximate surface area is 138 Å². The van der Waals surface area contributed by atoms with Crippen molar-refractivity contribution in [2.24, 2.45) is 5.10 Å². The Morgan fingerprint density at radius 2 is 1.91 bits per heavy atom. The summed E-state index contributed by atoms with van der Waals surface area (Å²) < 4.78 is 15.8. The Kier molecular flexibility index (Phi) is 5.99. The number of ether oxygens (including phenoxy) is 3. The number of nitrogens with zero attached hydrogens (tertiary/aromatic N) is 1. The summed E-state index contributed by atoms with van der Waals surface area (Å²) in [6.45, 7) is 0. The molecule has 0 saturated carbocycles. The molecule has 0 radical (unpaired) electrons. The highest BCUT2D eigenvalue weighted by atomic mass is 32.1. The topological polar surface area (TPSA) is 69.2 Å². The zero-order valence-electron chi connectivity index (χ0n) is 13.2. The molecule has 122 valence electrons. The van der Waals surface area contributed by atoms with Gasteiger partial charge in [0.05, 0.1) is 34.0 Å². The number of methoxy groups -OCH3 is 3. The smallest absolute Gasteiger partial charge is 0.245 e. The molecule has 1 aromatic heterocycles. The number of hydrogen-bond acceptors (Lipinski definition) is 6. The summed E-state index contributed by atoms with van der Waals surface area (Å²) in [4.78, 5) is 12.8. The van der Waals surface area contributed by atoms with Gasteiger partial charge in [0.1, 0.15) is 0 Å². The van der Waals surface area contributed by atoms with Crippen LogP contribution in [-0.4, -0.2) is 33.5 Å². The monoisotopic (exact) mass is 334 g/mol. The molecule has 23 heavy (non-hydrogen) atoms. The van der Waals surface area contributed by atoms with Crippen LogP contribution in [0.15, 0.2) is 34.7 Å². The number of carbonyl (C=O) groups is 1. The van der Waals surface area contributed by atoms with Crippen molar-refractivity contribution in [2.75, 3.05) is 21.3 Å². The number of amides is 1. The summed E-state index contributed by atoms with van der Waals surface area (Å²) in [6, 6.07) is 7.31. The molecular formula is C16H18N2O4S. The minimum absolute atomic E-state index is 0.170. The van der Waals surface area contributed by atoms with Gasteiger partial charge in [-0.15, -0.1) is 11.3 Å². The van der Waals surface area contributed by atoms with Crippen molar-refractivity contribution in [1.82, 2.24) is 5.43 Å². The number of nitrogens with one attached hydrogen (secondary N) is 1. The van der Waals surface area contributed by atoms with Gasteiger partial charge < -0.3 is 14.2 Å². The normalized spacial score (nSPS) is 10.6. The molecule has 0 spiro atoms. The number of hydrogen-bond donors (Lipinski definition) is 1. The van der Waals surface area contributed by atoms with E-state index < -0.39 is 0 Å². The highest BCUT2D eigenvalue weighted by Gasteiger charge is 2.12. The molecule has 6 nitrogen and oxygen atoms in total. The first kappa shape index (κ1) is 16.8. The average molecular weight is 334 g/mol. The Balaban J connectivity index is 2.05. The Morgan fingerprint density at radius 1 is 1.22 bits per heavy atom. The van der Waals surface area contributed by atoms with Crippen LogP contribution in [0.25, 0.3) is 0 Å². The maximum Gasteiger partial charge on any atom is 0.245 e. The molecule has 2 rings (SSSR count). The lowest BCUT2D eigenvalue weighted by atomic mass is 10.2. The molecule has 0 unspecified atom stereocenters. The second kappa shape index (κ2) is 8.19. The van der Waals surface area contributed by atoms with Crippen LogP contribution in [0.2, 0.25) is 0 Å². The van der Waals surface area contributed by atoms with Crippen molar-refractivity contribution >= 4 is 23.5 Å². The minimum atomic E-state index is -0.170. The largest absolute Gasteiger partial charge is 0.493 e. The van der Waals surface area contributed by atoms with E-state index in [1.54, 1.807) is 33.5 Å². The predicted molar refractivity (Wildman–Crippen MR) is 89.9 cm³/mol. The molecule has 2 aromatic rings. The number of carbonyl (C=O) groups excluding carboxylic acids is 1. The summed E-state index contributed by atoms with van der Waals surface area (Å²) >= 11 is 1.54. The van der Waals surface area contributed by atoms with E-state index in [9.17, 15) is 4.79 Å². The second-order valence-corrected chi connectivity index (χ2v) is 5.54. The van der Waals surface area contributed by atoms with Gasteiger partial charge in [-0.05, 0) is 23.6 Å². The van der Waals surface area contributed by atoms with Crippen molar-refractivity contribution in [2.45, 2.75) is 6.42 Å². The van der Waals surface area contributed by atoms with E-state index >= 15 is 0 Å². The second-order valence-electron chi connectivity index (χ2n) is 4.51. The molecular weight excluding hydrogens is 316 g/mol. The van der Waals surface area contributed by atoms with E-state index in [-0.39, 0.29) is 5.91 Å². The molecule has 1 amide bonds. The first-order valence-electron chi connectivity index (χ1n) is 6.82. The van der Waals surface area contributed by atoms with Crippen LogP contribution in [0.5, 0.6) is 17.2 Å². The average Bonchev–Trinajstić information content (AvgIpc) is 3.06. The van der Waals surface area contributed by atoms with Crippen LogP contribution in [-0.2, 0) is 11.2 Å². The van der Waals surface area contributed by atoms with Gasteiger partial charge in [-0.25, -0.2) is 5.43 Å². The van der Waals surface area contributed by atoms with Gasteiger partial charge >= 0.3 is 0 Å². The first-order valence-corrected chi connectivity index (χ1v) is 7.70. The predicted octanol–water partition coefficient (Wildman–Crippen LogP) is 2.47. The minimum Gasteiger partial charge on any atom is -0.493 e. The summed E-state index contributed by atoms with van der Waals surface area (Å²) in [5.74, 6) is 1.39. The maximum absolute atomic E-state index is 11.8. The standard InChI is InChI=1S/C16H18N2O4S/c1-20-13-7-11(8-14(21-2)16(13)22-3)10-17-18-15(19)9-12-5-4-6-23-12/h4-8,10H,9H2,1-3H3,(H,18,19)/b17-10-. The quantitative estimate of drug-likeness (QED) is 0.624. The lowest BCUT2D eigenvalue weighted by molar-refractivity contribution is -0.120. The number of rotatable bonds is 7. The number of benzene rings is 1. The van der Waals surface area contributed by atoms with E-state index in [1.807, 2.05) is 17.5 Å². The zero-order chi connectivity index (χ0) is 16.7. The molecule has 1 aromatic carbocycles. The zero-order valence-corrected chi connectivity index (χ0v) is 14.0. The van der Waals surface area contributed by atoms with E-state index in [2.05, 4.69) is 10.5 Å². The summed E-state index contributed by atoms with van der Waals surface area (Å²) in [5, 5.41) is 5.89. The van der Waals surface area contributed by atoms with Crippen molar-refractivity contribution in [3.05, 3.63) is 40.1 Å². The third-order valence-electron chi connectivity index (χ3n) is 3.00. The van der Waals surface area contributed by atoms with Crippen LogP contribution in [0.3, 0.4) is 0 Å². The lowest BCUT2D eigenvalue weighted by Gasteiger charge is -2.12. The Morgan fingerprint density at radius 3 is 2.43 bits per heavy atom. The van der Waals surface area contributed by atoms with E-state index in [0.717, 1.165) is 10.4 Å². The molecule has 0 aliphatic heterocycles. The van der Waals surface area contributed by atoms with E-state index in [4.69, 9.17) is 14.2 Å². The van der Waals surface area contributed by atoms with Gasteiger partial charge in [0.25, 0.3) is 0 Å². The third-order valence-corrected chi connectivity index (χ3v) is 3.88. The van der Waals surface area contributed by atoms with Gasteiger partial charge in [0.15, 0.2) is 11.5 Å². The third kappa shape index (κ3) is 4.46. The van der Waals surface area contributed by atoms with E-state index in [1.165, 1.54) is 17.6 Å². The first-order chi connectivity index (χ1) is 11.2. The highest BCUT2D eigenvalue weighted by Crippen LogP contribution is 2.37. The maximum atomic E-state index is 11.8. The van der Waals surface area contributed by atoms with Crippen molar-refractivity contribution in [1.29, 1.82) is 0 Å². The van der Waals surface area contributed by atoms with Crippen LogP contribution >= 0.6 is 11.3 Å². The summed E-state index contributed by atoms with van der Waals surface area (Å²) in [7, 11) is 4.63. The molecule has 0 bridgehead atoms. The summed E-state index contributed by atoms with van der Waals surface area (Å²) in [5.41, 5.74) is 3.22. The molecule has 0 aliphatic carbocycles. The fourth-order valence-electron chi connectivity index (χ4n) is 1.97. The van der Waals surface area contributed by atoms with Gasteiger partial charge in [-0.2, -0.15) is 5.10 Å².